The summed E-state index contributed by atoms with van der Waals surface area (Å²) in [6.45, 7) is 0.0543. The lowest BCUT2D eigenvalue weighted by Crippen LogP contribution is -2.19. The van der Waals surface area contributed by atoms with Gasteiger partial charge >= 0.3 is 12.2 Å². The number of alkyl halides is 3. The number of aliphatic hydroxyl groups excluding tert-OH is 1. The molecule has 0 atom stereocenters. The molecule has 0 aliphatic heterocycles. The van der Waals surface area contributed by atoms with Gasteiger partial charge in [-0.15, -0.1) is 11.3 Å². The van der Waals surface area contributed by atoms with Gasteiger partial charge < -0.3 is 21.5 Å². The van der Waals surface area contributed by atoms with Gasteiger partial charge in [0.05, 0.1) is 10.9 Å². The number of amides is 2. The second-order valence-corrected chi connectivity index (χ2v) is 8.49. The highest BCUT2D eigenvalue weighted by molar-refractivity contribution is 7.19. The van der Waals surface area contributed by atoms with Crippen LogP contribution in [0.3, 0.4) is 0 Å². The van der Waals surface area contributed by atoms with E-state index in [1.54, 1.807) is 24.3 Å². The van der Waals surface area contributed by atoms with Crippen LogP contribution in [-0.2, 0) is 12.6 Å². The number of nitrogens with zero attached hydrogens (tertiary/aromatic N) is 2. The number of aryl methyl sites for hydroxylation is 1. The van der Waals surface area contributed by atoms with Gasteiger partial charge in [-0.25, -0.2) is 14.8 Å². The number of rotatable bonds is 6. The number of nitrogens with two attached hydrogens (primary N) is 1. The first-order chi connectivity index (χ1) is 16.3. The van der Waals surface area contributed by atoms with Crippen LogP contribution in [0.4, 0.5) is 35.2 Å². The van der Waals surface area contributed by atoms with Crippen molar-refractivity contribution in [3.05, 3.63) is 65.3 Å². The maximum Gasteiger partial charge on any atom is 0.416 e. The van der Waals surface area contributed by atoms with E-state index in [0.29, 0.717) is 24.3 Å². The summed E-state index contributed by atoms with van der Waals surface area (Å²) in [5, 5.41) is 15.0. The van der Waals surface area contributed by atoms with Gasteiger partial charge in [0.2, 0.25) is 0 Å². The second kappa shape index (κ2) is 9.65. The number of carbonyl (C=O) groups excluding carboxylic acids is 1. The van der Waals surface area contributed by atoms with E-state index in [2.05, 4.69) is 20.6 Å². The molecule has 2 aromatic heterocycles. The van der Waals surface area contributed by atoms with Crippen molar-refractivity contribution in [2.75, 3.05) is 23.0 Å². The average molecular weight is 488 g/mol. The number of hydrogen-bond acceptors (Lipinski definition) is 6. The highest BCUT2D eigenvalue weighted by Gasteiger charge is 2.30. The third-order valence-electron chi connectivity index (χ3n) is 5.03. The fraction of sp³-hybridized carbons (Fsp3) is 0.174. The van der Waals surface area contributed by atoms with E-state index in [4.69, 9.17) is 5.73 Å². The minimum Gasteiger partial charge on any atom is -0.396 e. The number of nitrogens with one attached hydrogen (secondary N) is 2. The third-order valence-corrected chi connectivity index (χ3v) is 6.19. The molecule has 7 nitrogen and oxygen atoms in total. The molecule has 5 N–H and O–H groups in total. The highest BCUT2D eigenvalue weighted by atomic mass is 32.1. The number of aliphatic hydroxyl groups is 1. The monoisotopic (exact) mass is 487 g/mol. The molecule has 0 unspecified atom stereocenters. The van der Waals surface area contributed by atoms with Crippen molar-refractivity contribution >= 4 is 44.8 Å². The van der Waals surface area contributed by atoms with Crippen LogP contribution in [0, 0.1) is 0 Å². The molecule has 0 saturated heterocycles. The van der Waals surface area contributed by atoms with E-state index >= 15 is 0 Å². The smallest absolute Gasteiger partial charge is 0.396 e. The topological polar surface area (TPSA) is 113 Å². The van der Waals surface area contributed by atoms with Crippen molar-refractivity contribution in [1.82, 2.24) is 9.97 Å². The molecule has 0 fully saturated rings. The summed E-state index contributed by atoms with van der Waals surface area (Å²) in [5.41, 5.74) is 7.46. The Bertz CT molecular complexity index is 1320. The van der Waals surface area contributed by atoms with Crippen LogP contribution < -0.4 is 16.4 Å². The number of urea groups is 1. The van der Waals surface area contributed by atoms with Crippen LogP contribution in [0.15, 0.2) is 54.9 Å². The molecule has 34 heavy (non-hydrogen) atoms. The summed E-state index contributed by atoms with van der Waals surface area (Å²) < 4.78 is 38.6. The number of thiophene rings is 1. The minimum absolute atomic E-state index is 0.0256. The predicted octanol–water partition coefficient (Wildman–Crippen LogP) is 5.53. The number of halogens is 3. The van der Waals surface area contributed by atoms with Crippen molar-refractivity contribution in [3.8, 4) is 11.1 Å². The van der Waals surface area contributed by atoms with Gasteiger partial charge in [0.15, 0.2) is 0 Å². The molecule has 176 valence electrons. The Hall–Kier alpha value is -3.70. The molecule has 0 spiro atoms. The van der Waals surface area contributed by atoms with E-state index in [0.717, 1.165) is 38.4 Å². The molecular formula is C23H20F3N5O2S. The third kappa shape index (κ3) is 5.10. The number of aromatic nitrogens is 2. The molecule has 2 amide bonds. The zero-order valence-electron chi connectivity index (χ0n) is 17.7. The highest BCUT2D eigenvalue weighted by Crippen LogP contribution is 2.41. The first kappa shape index (κ1) is 23.5. The minimum atomic E-state index is -4.50. The van der Waals surface area contributed by atoms with E-state index in [9.17, 15) is 23.1 Å². The molecule has 4 aromatic rings. The van der Waals surface area contributed by atoms with Crippen LogP contribution in [0.2, 0.25) is 0 Å². The van der Waals surface area contributed by atoms with E-state index in [1.165, 1.54) is 29.8 Å². The zero-order valence-corrected chi connectivity index (χ0v) is 18.5. The van der Waals surface area contributed by atoms with E-state index in [1.807, 2.05) is 0 Å². The molecule has 0 saturated carbocycles. The Kier molecular flexibility index (Phi) is 6.66. The summed E-state index contributed by atoms with van der Waals surface area (Å²) in [6.07, 6.45) is -1.86. The van der Waals surface area contributed by atoms with Crippen LogP contribution in [0.5, 0.6) is 0 Å². The number of benzene rings is 2. The molecule has 11 heteroatoms. The van der Waals surface area contributed by atoms with Gasteiger partial charge in [-0.3, -0.25) is 0 Å². The number of hydrogen-bond donors (Lipinski definition) is 4. The summed E-state index contributed by atoms with van der Waals surface area (Å²) in [4.78, 5) is 22.4. The summed E-state index contributed by atoms with van der Waals surface area (Å²) in [7, 11) is 0. The van der Waals surface area contributed by atoms with Gasteiger partial charge in [-0.1, -0.05) is 18.2 Å². The summed E-state index contributed by atoms with van der Waals surface area (Å²) in [6, 6.07) is 10.7. The molecular weight excluding hydrogens is 467 g/mol. The quantitative estimate of drug-likeness (QED) is 0.286. The van der Waals surface area contributed by atoms with Crippen molar-refractivity contribution in [3.63, 3.8) is 0 Å². The van der Waals surface area contributed by atoms with Crippen molar-refractivity contribution < 1.29 is 23.1 Å². The fourth-order valence-electron chi connectivity index (χ4n) is 3.51. The number of fused-ring (bicyclic) bond motifs is 1. The lowest BCUT2D eigenvalue weighted by molar-refractivity contribution is -0.137. The normalized spacial score (nSPS) is 11.5. The Labute approximate surface area is 196 Å². The van der Waals surface area contributed by atoms with Gasteiger partial charge in [0.25, 0.3) is 0 Å². The lowest BCUT2D eigenvalue weighted by atomic mass is 10.0. The van der Waals surface area contributed by atoms with E-state index in [-0.39, 0.29) is 12.3 Å². The van der Waals surface area contributed by atoms with E-state index < -0.39 is 17.8 Å². The maximum absolute atomic E-state index is 12.9. The number of nitrogen functional groups attached to an aromatic ring is 1. The maximum atomic E-state index is 12.9. The van der Waals surface area contributed by atoms with Gasteiger partial charge in [0.1, 0.15) is 17.0 Å². The Morgan fingerprint density at radius 3 is 2.50 bits per heavy atom. The molecule has 0 bridgehead atoms. The number of carbonyl (C=O) groups is 1. The molecule has 4 rings (SSSR count). The Morgan fingerprint density at radius 1 is 1.06 bits per heavy atom. The van der Waals surface area contributed by atoms with Crippen molar-refractivity contribution in [2.45, 2.75) is 19.0 Å². The van der Waals surface area contributed by atoms with Crippen LogP contribution in [0.1, 0.15) is 16.9 Å². The SMILES string of the molecule is Nc1ncnc2sc(CCCO)c(-c3ccc(NC(=O)Nc4cccc(C(F)(F)F)c4)cc3)c12. The second-order valence-electron chi connectivity index (χ2n) is 7.40. The summed E-state index contributed by atoms with van der Waals surface area (Å²) >= 11 is 1.49. The van der Waals surface area contributed by atoms with Crippen LogP contribution in [-0.4, -0.2) is 27.7 Å². The van der Waals surface area contributed by atoms with Crippen LogP contribution in [0.25, 0.3) is 21.3 Å². The first-order valence-electron chi connectivity index (χ1n) is 10.2. The molecule has 0 radical (unpaired) electrons. The Balaban J connectivity index is 1.54. The molecule has 2 aromatic carbocycles. The lowest BCUT2D eigenvalue weighted by Gasteiger charge is -2.11. The van der Waals surface area contributed by atoms with Gasteiger partial charge in [0, 0.05) is 28.4 Å². The van der Waals surface area contributed by atoms with Crippen LogP contribution >= 0.6 is 11.3 Å². The summed E-state index contributed by atoms with van der Waals surface area (Å²) in [5.74, 6) is 0.356. The standard InChI is InChI=1S/C23H20F3N5O2S/c24-23(25,26)14-3-1-4-16(11-14)31-22(33)30-15-8-6-13(7-9-15)18-17(5-2-10-32)34-21-19(18)20(27)28-12-29-21/h1,3-4,6-9,11-12,32H,2,5,10H2,(H2,27,28,29)(H2,30,31,33). The van der Waals surface area contributed by atoms with Crippen molar-refractivity contribution in [1.29, 1.82) is 0 Å². The molecule has 0 aliphatic rings. The molecule has 2 heterocycles. The predicted molar refractivity (Wildman–Crippen MR) is 127 cm³/mol. The number of anilines is 3. The largest absolute Gasteiger partial charge is 0.416 e. The Morgan fingerprint density at radius 2 is 1.79 bits per heavy atom. The first-order valence-corrected chi connectivity index (χ1v) is 11.1. The molecule has 0 aliphatic carbocycles. The van der Waals surface area contributed by atoms with Crippen molar-refractivity contribution in [2.24, 2.45) is 0 Å². The van der Waals surface area contributed by atoms with Gasteiger partial charge in [-0.2, -0.15) is 13.2 Å². The zero-order chi connectivity index (χ0) is 24.3. The average Bonchev–Trinajstić information content (AvgIpc) is 3.17. The fourth-order valence-corrected chi connectivity index (χ4v) is 4.72. The van der Waals surface area contributed by atoms with Gasteiger partial charge in [-0.05, 0) is 48.7 Å².